The summed E-state index contributed by atoms with van der Waals surface area (Å²) in [4.78, 5) is 13.5. The Morgan fingerprint density at radius 3 is 2.94 bits per heavy atom. The summed E-state index contributed by atoms with van der Waals surface area (Å²) in [5.74, 6) is 0.0591. The molecular formula is C10H22ClN3O2. The lowest BCUT2D eigenvalue weighted by atomic mass is 10.3. The molecule has 0 spiro atoms. The molecule has 96 valence electrons. The second kappa shape index (κ2) is 8.75. The first-order chi connectivity index (χ1) is 7.22. The molecule has 1 heterocycles. The van der Waals surface area contributed by atoms with Gasteiger partial charge >= 0.3 is 0 Å². The number of nitrogens with one attached hydrogen (secondary N) is 1. The van der Waals surface area contributed by atoms with Crippen LogP contribution in [0, 0.1) is 0 Å². The van der Waals surface area contributed by atoms with Crippen LogP contribution >= 0.6 is 12.4 Å². The molecule has 5 nitrogen and oxygen atoms in total. The van der Waals surface area contributed by atoms with Crippen LogP contribution in [0.4, 0.5) is 0 Å². The predicted octanol–water partition coefficient (Wildman–Crippen LogP) is -0.406. The quantitative estimate of drug-likeness (QED) is 0.630. The number of hydrogen-bond acceptors (Lipinski definition) is 4. The lowest BCUT2D eigenvalue weighted by molar-refractivity contribution is -0.122. The smallest absolute Gasteiger partial charge is 0.234 e. The van der Waals surface area contributed by atoms with Gasteiger partial charge < -0.3 is 15.8 Å². The summed E-state index contributed by atoms with van der Waals surface area (Å²) in [5, 5.41) is 2.81. The van der Waals surface area contributed by atoms with Gasteiger partial charge in [-0.25, -0.2) is 0 Å². The van der Waals surface area contributed by atoms with Gasteiger partial charge in [-0.15, -0.1) is 12.4 Å². The van der Waals surface area contributed by atoms with Crippen molar-refractivity contribution in [3.8, 4) is 0 Å². The third-order valence-corrected chi connectivity index (χ3v) is 2.45. The highest BCUT2D eigenvalue weighted by molar-refractivity contribution is 5.85. The van der Waals surface area contributed by atoms with Crippen molar-refractivity contribution in [1.29, 1.82) is 0 Å². The molecule has 1 aliphatic heterocycles. The molecule has 1 atom stereocenters. The zero-order valence-electron chi connectivity index (χ0n) is 9.78. The summed E-state index contributed by atoms with van der Waals surface area (Å²) in [6, 6.07) is 0.237. The van der Waals surface area contributed by atoms with E-state index in [-0.39, 0.29) is 24.4 Å². The minimum atomic E-state index is 0. The summed E-state index contributed by atoms with van der Waals surface area (Å²) in [6.07, 6.45) is 0.992. The van der Waals surface area contributed by atoms with E-state index in [1.807, 2.05) is 6.92 Å². The summed E-state index contributed by atoms with van der Waals surface area (Å²) in [7, 11) is 0. The maximum Gasteiger partial charge on any atom is 0.234 e. The first-order valence-corrected chi connectivity index (χ1v) is 5.54. The highest BCUT2D eigenvalue weighted by atomic mass is 35.5. The van der Waals surface area contributed by atoms with E-state index >= 15 is 0 Å². The molecule has 1 amide bonds. The molecule has 1 rings (SSSR count). The Kier molecular flexibility index (Phi) is 8.56. The minimum Gasteiger partial charge on any atom is -0.380 e. The number of ether oxygens (including phenoxy) is 1. The van der Waals surface area contributed by atoms with Gasteiger partial charge in [-0.05, 0) is 13.3 Å². The first kappa shape index (κ1) is 15.6. The maximum absolute atomic E-state index is 11.4. The second-order valence-corrected chi connectivity index (χ2v) is 3.83. The van der Waals surface area contributed by atoms with E-state index in [4.69, 9.17) is 10.5 Å². The van der Waals surface area contributed by atoms with Gasteiger partial charge in [0, 0.05) is 32.3 Å². The van der Waals surface area contributed by atoms with Gasteiger partial charge in [0.25, 0.3) is 0 Å². The molecule has 0 bridgehead atoms. The number of carbonyl (C=O) groups excluding carboxylic acids is 1. The van der Waals surface area contributed by atoms with Crippen molar-refractivity contribution in [2.24, 2.45) is 5.73 Å². The normalized spacial score (nSPS) is 20.5. The highest BCUT2D eigenvalue weighted by Crippen LogP contribution is 2.05. The number of likely N-dealkylation sites (tertiary alicyclic amines) is 1. The topological polar surface area (TPSA) is 67.6 Å². The zero-order valence-corrected chi connectivity index (χ0v) is 10.6. The van der Waals surface area contributed by atoms with Crippen molar-refractivity contribution < 1.29 is 9.53 Å². The molecular weight excluding hydrogens is 230 g/mol. The predicted molar refractivity (Wildman–Crippen MR) is 65.8 cm³/mol. The van der Waals surface area contributed by atoms with E-state index < -0.39 is 0 Å². The van der Waals surface area contributed by atoms with Gasteiger partial charge in [-0.2, -0.15) is 0 Å². The van der Waals surface area contributed by atoms with E-state index in [1.165, 1.54) is 0 Å². The number of hydrogen-bond donors (Lipinski definition) is 2. The van der Waals surface area contributed by atoms with Crippen LogP contribution in [0.2, 0.25) is 0 Å². The van der Waals surface area contributed by atoms with E-state index in [2.05, 4.69) is 10.2 Å². The van der Waals surface area contributed by atoms with E-state index in [0.29, 0.717) is 26.3 Å². The van der Waals surface area contributed by atoms with Crippen LogP contribution < -0.4 is 11.1 Å². The summed E-state index contributed by atoms with van der Waals surface area (Å²) < 4.78 is 5.12. The van der Waals surface area contributed by atoms with Gasteiger partial charge in [0.05, 0.1) is 13.2 Å². The van der Waals surface area contributed by atoms with Crippen LogP contribution in [0.1, 0.15) is 13.3 Å². The molecule has 1 fully saturated rings. The fourth-order valence-electron chi connectivity index (χ4n) is 1.67. The summed E-state index contributed by atoms with van der Waals surface area (Å²) in [6.45, 7) is 6.03. The second-order valence-electron chi connectivity index (χ2n) is 3.83. The third kappa shape index (κ3) is 6.27. The first-order valence-electron chi connectivity index (χ1n) is 5.54. The van der Waals surface area contributed by atoms with Gasteiger partial charge in [0.2, 0.25) is 5.91 Å². The molecule has 1 aliphatic rings. The number of rotatable bonds is 6. The number of nitrogens with zero attached hydrogens (tertiary/aromatic N) is 1. The average molecular weight is 252 g/mol. The van der Waals surface area contributed by atoms with Crippen LogP contribution in [0.25, 0.3) is 0 Å². The molecule has 0 aromatic rings. The van der Waals surface area contributed by atoms with E-state index in [9.17, 15) is 4.79 Å². The number of halogens is 1. The Balaban J connectivity index is 0.00000225. The summed E-state index contributed by atoms with van der Waals surface area (Å²) in [5.41, 5.74) is 5.75. The largest absolute Gasteiger partial charge is 0.380 e. The molecule has 0 aliphatic carbocycles. The SMILES string of the molecule is CCOCCNC(=O)CN1CCC(N)C1.Cl. The van der Waals surface area contributed by atoms with Gasteiger partial charge in [-0.3, -0.25) is 9.69 Å². The average Bonchev–Trinajstić information content (AvgIpc) is 2.59. The van der Waals surface area contributed by atoms with Crippen LogP contribution in [0.15, 0.2) is 0 Å². The lowest BCUT2D eigenvalue weighted by Gasteiger charge is -2.14. The number of amides is 1. The van der Waals surface area contributed by atoms with Crippen molar-refractivity contribution in [1.82, 2.24) is 10.2 Å². The number of nitrogens with two attached hydrogens (primary N) is 1. The Hall–Kier alpha value is -0.360. The van der Waals surface area contributed by atoms with Gasteiger partial charge in [-0.1, -0.05) is 0 Å². The minimum absolute atomic E-state index is 0. The van der Waals surface area contributed by atoms with Crippen LogP contribution in [0.3, 0.4) is 0 Å². The molecule has 0 aromatic heterocycles. The molecule has 0 saturated carbocycles. The van der Waals surface area contributed by atoms with Crippen molar-refractivity contribution in [3.63, 3.8) is 0 Å². The molecule has 1 unspecified atom stereocenters. The van der Waals surface area contributed by atoms with Crippen LogP contribution in [-0.4, -0.2) is 56.2 Å². The Morgan fingerprint density at radius 1 is 1.62 bits per heavy atom. The van der Waals surface area contributed by atoms with E-state index in [1.54, 1.807) is 0 Å². The van der Waals surface area contributed by atoms with Crippen molar-refractivity contribution in [3.05, 3.63) is 0 Å². The lowest BCUT2D eigenvalue weighted by Crippen LogP contribution is -2.38. The van der Waals surface area contributed by atoms with Crippen molar-refractivity contribution >= 4 is 18.3 Å². The van der Waals surface area contributed by atoms with Crippen molar-refractivity contribution in [2.45, 2.75) is 19.4 Å². The molecule has 6 heteroatoms. The Bertz CT molecular complexity index is 205. The van der Waals surface area contributed by atoms with Gasteiger partial charge in [0.1, 0.15) is 0 Å². The zero-order chi connectivity index (χ0) is 11.1. The molecule has 3 N–H and O–H groups in total. The van der Waals surface area contributed by atoms with Gasteiger partial charge in [0.15, 0.2) is 0 Å². The third-order valence-electron chi connectivity index (χ3n) is 2.45. The number of carbonyl (C=O) groups is 1. The molecule has 0 aromatic carbocycles. The molecule has 16 heavy (non-hydrogen) atoms. The maximum atomic E-state index is 11.4. The van der Waals surface area contributed by atoms with Crippen LogP contribution in [0.5, 0.6) is 0 Å². The standard InChI is InChI=1S/C10H21N3O2.ClH/c1-2-15-6-4-12-10(14)8-13-5-3-9(11)7-13;/h9H,2-8,11H2,1H3,(H,12,14);1H. The Morgan fingerprint density at radius 2 is 2.38 bits per heavy atom. The fraction of sp³-hybridized carbons (Fsp3) is 0.900. The monoisotopic (exact) mass is 251 g/mol. The Labute approximate surface area is 103 Å². The molecule has 0 radical (unpaired) electrons. The van der Waals surface area contributed by atoms with Crippen LogP contribution in [-0.2, 0) is 9.53 Å². The fourth-order valence-corrected chi connectivity index (χ4v) is 1.67. The summed E-state index contributed by atoms with van der Waals surface area (Å²) >= 11 is 0. The van der Waals surface area contributed by atoms with Crippen molar-refractivity contribution in [2.75, 3.05) is 39.4 Å². The highest BCUT2D eigenvalue weighted by Gasteiger charge is 2.20. The molecule has 1 saturated heterocycles. The van der Waals surface area contributed by atoms with E-state index in [0.717, 1.165) is 19.5 Å².